The number of hydrogen-bond acceptors (Lipinski definition) is 15. The Morgan fingerprint density at radius 1 is 1.05 bits per heavy atom. The van der Waals surface area contributed by atoms with Crippen LogP contribution in [-0.4, -0.2) is 129 Å². The Kier molecular flexibility index (Phi) is 10.2. The summed E-state index contributed by atoms with van der Waals surface area (Å²) in [6.07, 6.45) is -11.3. The van der Waals surface area contributed by atoms with Gasteiger partial charge < -0.3 is 64.2 Å². The molecule has 3 rings (SSSR count). The minimum Gasteiger partial charge on any atom is -0.504 e. The third-order valence-electron chi connectivity index (χ3n) is 6.17. The predicted octanol–water partition coefficient (Wildman–Crippen LogP) is -2.85. The number of aliphatic hydroxyl groups is 6. The Balaban J connectivity index is 1.81. The predicted molar refractivity (Wildman–Crippen MR) is 126 cm³/mol. The van der Waals surface area contributed by atoms with Crippen LogP contribution in [0.2, 0.25) is 0 Å². The molecule has 1 aromatic carbocycles. The second kappa shape index (κ2) is 13.0. The van der Waals surface area contributed by atoms with Crippen molar-refractivity contribution in [2.45, 2.75) is 61.7 Å². The Morgan fingerprint density at radius 3 is 2.38 bits per heavy atom. The van der Waals surface area contributed by atoms with E-state index in [1.54, 1.807) is 0 Å². The molecule has 2 saturated heterocycles. The zero-order valence-corrected chi connectivity index (χ0v) is 21.0. The number of aliphatic hydroxyl groups excluding tert-OH is 6. The molecule has 9 atom stereocenters. The van der Waals surface area contributed by atoms with Gasteiger partial charge in [0, 0.05) is 13.0 Å². The highest BCUT2D eigenvalue weighted by Gasteiger charge is 2.60. The van der Waals surface area contributed by atoms with Crippen molar-refractivity contribution in [2.24, 2.45) is 0 Å². The molecule has 7 N–H and O–H groups in total. The highest BCUT2D eigenvalue weighted by atomic mass is 16.8. The Labute approximate surface area is 222 Å². The minimum atomic E-state index is -2.41. The maximum Gasteiger partial charge on any atom is 0.331 e. The van der Waals surface area contributed by atoms with Gasteiger partial charge in [0.15, 0.2) is 23.9 Å². The van der Waals surface area contributed by atoms with E-state index in [4.69, 9.17) is 28.4 Å². The fraction of sp³-hybridized carbons (Fsp3) is 0.583. The number of rotatable bonds is 10. The van der Waals surface area contributed by atoms with Gasteiger partial charge in [-0.15, -0.1) is 0 Å². The van der Waals surface area contributed by atoms with Gasteiger partial charge in [-0.25, -0.2) is 4.79 Å². The lowest BCUT2D eigenvalue weighted by Gasteiger charge is -2.43. The lowest BCUT2D eigenvalue weighted by molar-refractivity contribution is -0.383. The number of benzene rings is 1. The van der Waals surface area contributed by atoms with E-state index in [9.17, 15) is 45.3 Å². The first-order valence-corrected chi connectivity index (χ1v) is 11.8. The Morgan fingerprint density at radius 2 is 1.77 bits per heavy atom. The molecule has 2 aliphatic heterocycles. The van der Waals surface area contributed by atoms with Crippen molar-refractivity contribution < 1.29 is 73.8 Å². The Hall–Kier alpha value is -2.86. The first-order chi connectivity index (χ1) is 18.5. The van der Waals surface area contributed by atoms with Crippen LogP contribution in [-0.2, 0) is 33.3 Å². The van der Waals surface area contributed by atoms with Crippen LogP contribution in [0.4, 0.5) is 0 Å². The number of methoxy groups -OCH3 is 1. The topological polar surface area (TPSA) is 231 Å². The monoisotopic (exact) mass is 560 g/mol. The number of esters is 2. The highest BCUT2D eigenvalue weighted by molar-refractivity contribution is 5.87. The molecule has 2 fully saturated rings. The molecule has 2 heterocycles. The molecule has 0 radical (unpaired) electrons. The van der Waals surface area contributed by atoms with Gasteiger partial charge in [0.2, 0.25) is 5.79 Å². The molecule has 2 aliphatic rings. The number of carbonyl (C=O) groups is 2. The van der Waals surface area contributed by atoms with Gasteiger partial charge in [-0.1, -0.05) is 6.07 Å². The zero-order chi connectivity index (χ0) is 28.9. The molecular weight excluding hydrogens is 528 g/mol. The van der Waals surface area contributed by atoms with Crippen LogP contribution in [0.3, 0.4) is 0 Å². The van der Waals surface area contributed by atoms with Gasteiger partial charge in [0.1, 0.15) is 49.8 Å². The van der Waals surface area contributed by atoms with Gasteiger partial charge in [-0.2, -0.15) is 0 Å². The molecule has 0 spiro atoms. The van der Waals surface area contributed by atoms with Crippen molar-refractivity contribution >= 4 is 18.0 Å². The van der Waals surface area contributed by atoms with Crippen molar-refractivity contribution in [1.29, 1.82) is 0 Å². The van der Waals surface area contributed by atoms with Gasteiger partial charge >= 0.3 is 11.9 Å². The third kappa shape index (κ3) is 6.84. The van der Waals surface area contributed by atoms with Crippen LogP contribution in [0.1, 0.15) is 12.5 Å². The summed E-state index contributed by atoms with van der Waals surface area (Å²) in [5.74, 6) is -4.13. The molecule has 15 heteroatoms. The maximum atomic E-state index is 12.6. The molecule has 15 nitrogen and oxygen atoms in total. The van der Waals surface area contributed by atoms with Crippen LogP contribution < -0.4 is 4.74 Å². The van der Waals surface area contributed by atoms with E-state index in [1.165, 1.54) is 31.4 Å². The smallest absolute Gasteiger partial charge is 0.331 e. The average Bonchev–Trinajstić information content (AvgIpc) is 3.18. The number of phenolic OH excluding ortho intramolecular Hbond substituents is 1. The van der Waals surface area contributed by atoms with Crippen molar-refractivity contribution in [1.82, 2.24) is 0 Å². The van der Waals surface area contributed by atoms with E-state index in [0.29, 0.717) is 5.56 Å². The first-order valence-electron chi connectivity index (χ1n) is 11.8. The van der Waals surface area contributed by atoms with Crippen LogP contribution in [0, 0.1) is 0 Å². The third-order valence-corrected chi connectivity index (χ3v) is 6.17. The summed E-state index contributed by atoms with van der Waals surface area (Å²) in [5, 5.41) is 71.1. The minimum absolute atomic E-state index is 0.122. The van der Waals surface area contributed by atoms with E-state index >= 15 is 0 Å². The number of aromatic hydroxyl groups is 1. The van der Waals surface area contributed by atoms with E-state index in [0.717, 1.165) is 13.0 Å². The van der Waals surface area contributed by atoms with E-state index in [-0.39, 0.29) is 11.5 Å². The van der Waals surface area contributed by atoms with E-state index in [1.807, 2.05) is 0 Å². The van der Waals surface area contributed by atoms with E-state index < -0.39 is 86.6 Å². The molecule has 0 saturated carbocycles. The second-order valence-corrected chi connectivity index (χ2v) is 8.86. The molecule has 9 unspecified atom stereocenters. The molecule has 0 aliphatic carbocycles. The quantitative estimate of drug-likeness (QED) is 0.113. The summed E-state index contributed by atoms with van der Waals surface area (Å²) in [6, 6.07) is 4.25. The number of phenols is 1. The fourth-order valence-electron chi connectivity index (χ4n) is 4.09. The molecular formula is C24H32O15. The highest BCUT2D eigenvalue weighted by Crippen LogP contribution is 2.38. The summed E-state index contributed by atoms with van der Waals surface area (Å²) in [7, 11) is 1.34. The zero-order valence-electron chi connectivity index (χ0n) is 21.0. The Bertz CT molecular complexity index is 1030. The largest absolute Gasteiger partial charge is 0.504 e. The molecule has 1 aromatic rings. The lowest BCUT2D eigenvalue weighted by atomic mass is 9.99. The molecule has 39 heavy (non-hydrogen) atoms. The second-order valence-electron chi connectivity index (χ2n) is 8.86. The van der Waals surface area contributed by atoms with Crippen LogP contribution in [0.5, 0.6) is 11.5 Å². The fourth-order valence-corrected chi connectivity index (χ4v) is 4.09. The van der Waals surface area contributed by atoms with Gasteiger partial charge in [-0.05, 0) is 23.8 Å². The first kappa shape index (κ1) is 30.7. The average molecular weight is 561 g/mol. The number of hydrogen-bond donors (Lipinski definition) is 7. The van der Waals surface area contributed by atoms with Crippen molar-refractivity contribution in [2.75, 3.05) is 26.9 Å². The lowest BCUT2D eigenvalue weighted by Crippen LogP contribution is -2.63. The van der Waals surface area contributed by atoms with Crippen LogP contribution in [0.15, 0.2) is 24.3 Å². The number of ether oxygens (including phenoxy) is 6. The summed E-state index contributed by atoms with van der Waals surface area (Å²) in [4.78, 5) is 23.8. The maximum absolute atomic E-state index is 12.6. The van der Waals surface area contributed by atoms with Crippen molar-refractivity contribution in [3.63, 3.8) is 0 Å². The molecule has 218 valence electrons. The summed E-state index contributed by atoms with van der Waals surface area (Å²) in [6.45, 7) is -1.30. The molecule has 0 amide bonds. The number of carbonyl (C=O) groups excluding carboxylic acids is 2. The summed E-state index contributed by atoms with van der Waals surface area (Å²) in [5.41, 5.74) is 0.438. The SMILES string of the molecule is COc1cc(C=CC(=O)OC2C(O)C(CO)OC2(CO)OC2OC(COC(C)=O)C(O)C(O)C2O)ccc1O. The summed E-state index contributed by atoms with van der Waals surface area (Å²) < 4.78 is 31.6. The van der Waals surface area contributed by atoms with Crippen molar-refractivity contribution in [3.05, 3.63) is 29.8 Å². The van der Waals surface area contributed by atoms with E-state index in [2.05, 4.69) is 0 Å². The summed E-state index contributed by atoms with van der Waals surface area (Å²) >= 11 is 0. The van der Waals surface area contributed by atoms with Gasteiger partial charge in [-0.3, -0.25) is 4.79 Å². The van der Waals surface area contributed by atoms with Gasteiger partial charge in [0.25, 0.3) is 0 Å². The standard InChI is InChI=1S/C24H32O15/c1-11(27)35-9-16-18(30)20(32)21(33)23(36-16)39-24(10-26)22(19(31)15(8-25)38-24)37-17(29)6-4-12-3-5-13(28)14(7-12)34-2/h3-7,15-16,18-23,25-26,28,30-33H,8-10H2,1-2H3. The van der Waals surface area contributed by atoms with Crippen LogP contribution >= 0.6 is 0 Å². The molecule has 0 bridgehead atoms. The van der Waals surface area contributed by atoms with Gasteiger partial charge in [0.05, 0.1) is 13.7 Å². The van der Waals surface area contributed by atoms with Crippen molar-refractivity contribution in [3.8, 4) is 11.5 Å². The normalized spacial score (nSPS) is 34.7. The molecule has 0 aromatic heterocycles. The van der Waals surface area contributed by atoms with Crippen LogP contribution in [0.25, 0.3) is 6.08 Å².